The molecule has 0 aromatic heterocycles. The fourth-order valence-electron chi connectivity index (χ4n) is 1.80. The minimum absolute atomic E-state index is 0.330. The zero-order valence-corrected chi connectivity index (χ0v) is 11.3. The summed E-state index contributed by atoms with van der Waals surface area (Å²) >= 11 is 0. The molecule has 0 unspecified atom stereocenters. The second kappa shape index (κ2) is 9.83. The third-order valence-electron chi connectivity index (χ3n) is 2.75. The Bertz CT molecular complexity index is 170. The van der Waals surface area contributed by atoms with Crippen molar-refractivity contribution in [2.24, 2.45) is 0 Å². The number of nitrogens with zero attached hydrogens (tertiary/aromatic N) is 1. The van der Waals surface area contributed by atoms with Gasteiger partial charge in [0, 0.05) is 39.5 Å². The fraction of sp³-hybridized carbons (Fsp3) is 1.00. The molecular weight excluding hydrogens is 218 g/mol. The molecule has 0 radical (unpaired) electrons. The number of hydrogen-bond acceptors (Lipinski definition) is 4. The van der Waals surface area contributed by atoms with Crippen LogP contribution in [0.25, 0.3) is 0 Å². The molecule has 4 heteroatoms. The van der Waals surface area contributed by atoms with Gasteiger partial charge in [-0.3, -0.25) is 4.90 Å². The Morgan fingerprint density at radius 2 is 1.76 bits per heavy atom. The van der Waals surface area contributed by atoms with Crippen molar-refractivity contribution >= 4 is 0 Å². The third kappa shape index (κ3) is 8.55. The summed E-state index contributed by atoms with van der Waals surface area (Å²) in [4.78, 5) is 2.44. The minimum Gasteiger partial charge on any atom is -0.381 e. The summed E-state index contributed by atoms with van der Waals surface area (Å²) in [6, 6.07) is 0. The maximum atomic E-state index is 5.57. The van der Waals surface area contributed by atoms with Gasteiger partial charge in [0.05, 0.1) is 19.3 Å². The molecule has 0 aromatic rings. The molecule has 17 heavy (non-hydrogen) atoms. The maximum Gasteiger partial charge on any atom is 0.0594 e. The van der Waals surface area contributed by atoms with Gasteiger partial charge in [0.2, 0.25) is 0 Å². The van der Waals surface area contributed by atoms with Crippen molar-refractivity contribution in [3.8, 4) is 0 Å². The largest absolute Gasteiger partial charge is 0.381 e. The van der Waals surface area contributed by atoms with Crippen LogP contribution in [0, 0.1) is 0 Å². The summed E-state index contributed by atoms with van der Waals surface area (Å²) in [5, 5.41) is 0. The van der Waals surface area contributed by atoms with E-state index in [1.807, 2.05) is 0 Å². The molecule has 0 spiro atoms. The van der Waals surface area contributed by atoms with Crippen LogP contribution in [-0.2, 0) is 14.2 Å². The number of rotatable bonds is 9. The van der Waals surface area contributed by atoms with E-state index < -0.39 is 0 Å². The van der Waals surface area contributed by atoms with E-state index in [9.17, 15) is 0 Å². The van der Waals surface area contributed by atoms with Gasteiger partial charge in [-0.05, 0) is 26.7 Å². The Hall–Kier alpha value is -0.160. The third-order valence-corrected chi connectivity index (χ3v) is 2.75. The molecule has 0 atom stereocenters. The molecule has 0 aliphatic carbocycles. The van der Waals surface area contributed by atoms with Crippen LogP contribution in [0.15, 0.2) is 0 Å². The first-order valence-electron chi connectivity index (χ1n) is 6.78. The minimum atomic E-state index is 0.330. The van der Waals surface area contributed by atoms with Gasteiger partial charge in [-0.2, -0.15) is 0 Å². The van der Waals surface area contributed by atoms with E-state index in [0.717, 1.165) is 65.5 Å². The Balaban J connectivity index is 1.78. The lowest BCUT2D eigenvalue weighted by Gasteiger charge is -2.26. The first-order valence-corrected chi connectivity index (χ1v) is 6.78. The topological polar surface area (TPSA) is 30.9 Å². The highest BCUT2D eigenvalue weighted by Gasteiger charge is 2.08. The van der Waals surface area contributed by atoms with Gasteiger partial charge in [-0.25, -0.2) is 0 Å². The van der Waals surface area contributed by atoms with E-state index in [1.54, 1.807) is 0 Å². The van der Waals surface area contributed by atoms with Crippen LogP contribution in [0.1, 0.15) is 26.7 Å². The molecular formula is C13H27NO3. The summed E-state index contributed by atoms with van der Waals surface area (Å²) in [6.45, 7) is 11.6. The van der Waals surface area contributed by atoms with E-state index in [2.05, 4.69) is 18.7 Å². The monoisotopic (exact) mass is 245 g/mol. The highest BCUT2D eigenvalue weighted by atomic mass is 16.5. The maximum absolute atomic E-state index is 5.57. The molecule has 0 bridgehead atoms. The van der Waals surface area contributed by atoms with Gasteiger partial charge in [0.15, 0.2) is 0 Å². The van der Waals surface area contributed by atoms with Gasteiger partial charge in [-0.15, -0.1) is 0 Å². The van der Waals surface area contributed by atoms with E-state index >= 15 is 0 Å². The van der Waals surface area contributed by atoms with Crippen LogP contribution in [-0.4, -0.2) is 63.7 Å². The molecule has 102 valence electrons. The molecule has 1 aliphatic heterocycles. The van der Waals surface area contributed by atoms with Crippen LogP contribution in [0.2, 0.25) is 0 Å². The van der Waals surface area contributed by atoms with Crippen LogP contribution in [0.3, 0.4) is 0 Å². The van der Waals surface area contributed by atoms with Crippen molar-refractivity contribution in [3.05, 3.63) is 0 Å². The molecule has 0 N–H and O–H groups in total. The molecule has 1 heterocycles. The van der Waals surface area contributed by atoms with E-state index in [1.165, 1.54) is 0 Å². The Morgan fingerprint density at radius 1 is 1.06 bits per heavy atom. The zero-order chi connectivity index (χ0) is 12.3. The highest BCUT2D eigenvalue weighted by molar-refractivity contribution is 4.61. The normalized spacial score (nSPS) is 17.8. The van der Waals surface area contributed by atoms with Crippen molar-refractivity contribution in [1.29, 1.82) is 0 Å². The predicted octanol–water partition coefficient (Wildman–Crippen LogP) is 1.54. The molecule has 0 saturated carbocycles. The molecule has 1 aliphatic rings. The van der Waals surface area contributed by atoms with Crippen molar-refractivity contribution < 1.29 is 14.2 Å². The second-order valence-electron chi connectivity index (χ2n) is 4.69. The Kier molecular flexibility index (Phi) is 8.61. The summed E-state index contributed by atoms with van der Waals surface area (Å²) < 4.78 is 16.3. The van der Waals surface area contributed by atoms with Gasteiger partial charge in [-0.1, -0.05) is 0 Å². The predicted molar refractivity (Wildman–Crippen MR) is 68.4 cm³/mol. The van der Waals surface area contributed by atoms with Gasteiger partial charge >= 0.3 is 0 Å². The first kappa shape index (κ1) is 14.9. The van der Waals surface area contributed by atoms with Crippen LogP contribution >= 0.6 is 0 Å². The van der Waals surface area contributed by atoms with Crippen molar-refractivity contribution in [1.82, 2.24) is 4.90 Å². The smallest absolute Gasteiger partial charge is 0.0594 e. The Labute approximate surface area is 105 Å². The molecule has 1 saturated heterocycles. The lowest BCUT2D eigenvalue weighted by molar-refractivity contribution is 0.0280. The van der Waals surface area contributed by atoms with Gasteiger partial charge < -0.3 is 14.2 Å². The van der Waals surface area contributed by atoms with Gasteiger partial charge in [0.25, 0.3) is 0 Å². The second-order valence-corrected chi connectivity index (χ2v) is 4.69. The summed E-state index contributed by atoms with van der Waals surface area (Å²) in [5.74, 6) is 0. The SMILES string of the molecule is CC(C)OCCCOCCCN1CCOCC1. The van der Waals surface area contributed by atoms with Crippen LogP contribution in [0.4, 0.5) is 0 Å². The lowest BCUT2D eigenvalue weighted by atomic mass is 10.3. The van der Waals surface area contributed by atoms with E-state index in [-0.39, 0.29) is 0 Å². The molecule has 0 amide bonds. The fourth-order valence-corrected chi connectivity index (χ4v) is 1.80. The van der Waals surface area contributed by atoms with Gasteiger partial charge in [0.1, 0.15) is 0 Å². The number of hydrogen-bond donors (Lipinski definition) is 0. The molecule has 4 nitrogen and oxygen atoms in total. The molecule has 1 fully saturated rings. The Morgan fingerprint density at radius 3 is 2.47 bits per heavy atom. The first-order chi connectivity index (χ1) is 8.29. The quantitative estimate of drug-likeness (QED) is 0.577. The number of ether oxygens (including phenoxy) is 3. The van der Waals surface area contributed by atoms with Crippen molar-refractivity contribution in [2.75, 3.05) is 52.7 Å². The van der Waals surface area contributed by atoms with Crippen LogP contribution < -0.4 is 0 Å². The summed E-state index contributed by atoms with van der Waals surface area (Å²) in [7, 11) is 0. The van der Waals surface area contributed by atoms with Crippen LogP contribution in [0.5, 0.6) is 0 Å². The summed E-state index contributed by atoms with van der Waals surface area (Å²) in [6.07, 6.45) is 2.44. The standard InChI is InChI=1S/C13H27NO3/c1-13(2)17-10-4-9-15-8-3-5-14-6-11-16-12-7-14/h13H,3-12H2,1-2H3. The average Bonchev–Trinajstić information content (AvgIpc) is 2.33. The highest BCUT2D eigenvalue weighted by Crippen LogP contribution is 1.98. The zero-order valence-electron chi connectivity index (χ0n) is 11.3. The lowest BCUT2D eigenvalue weighted by Crippen LogP contribution is -2.37. The van der Waals surface area contributed by atoms with Crippen molar-refractivity contribution in [3.63, 3.8) is 0 Å². The number of morpholine rings is 1. The van der Waals surface area contributed by atoms with E-state index in [4.69, 9.17) is 14.2 Å². The summed E-state index contributed by atoms with van der Waals surface area (Å²) in [5.41, 5.74) is 0. The molecule has 1 rings (SSSR count). The van der Waals surface area contributed by atoms with Crippen molar-refractivity contribution in [2.45, 2.75) is 32.8 Å². The average molecular weight is 245 g/mol. The molecule has 0 aromatic carbocycles. The van der Waals surface area contributed by atoms with E-state index in [0.29, 0.717) is 6.10 Å².